The maximum absolute atomic E-state index is 13.1. The number of likely N-dealkylation sites (N-methyl/N-ethyl adjacent to an activating group) is 2. The Labute approximate surface area is 168 Å². The lowest BCUT2D eigenvalue weighted by atomic mass is 10.0. The summed E-state index contributed by atoms with van der Waals surface area (Å²) in [6.07, 6.45) is 0. The summed E-state index contributed by atoms with van der Waals surface area (Å²) in [7, 11) is 6.23. The van der Waals surface area contributed by atoms with Crippen LogP contribution in [0.15, 0.2) is 54.6 Å². The summed E-state index contributed by atoms with van der Waals surface area (Å²) in [5.41, 5.74) is 3.65. The molecule has 0 saturated carbocycles. The van der Waals surface area contributed by atoms with E-state index in [1.165, 1.54) is 16.7 Å². The van der Waals surface area contributed by atoms with Crippen molar-refractivity contribution in [2.24, 2.45) is 0 Å². The molecule has 2 atom stereocenters. The molecule has 1 aliphatic rings. The van der Waals surface area contributed by atoms with E-state index in [-0.39, 0.29) is 18.1 Å². The van der Waals surface area contributed by atoms with Crippen molar-refractivity contribution < 1.29 is 4.79 Å². The number of urea groups is 1. The predicted molar refractivity (Wildman–Crippen MR) is 114 cm³/mol. The van der Waals surface area contributed by atoms with E-state index in [2.05, 4.69) is 79.6 Å². The van der Waals surface area contributed by atoms with Gasteiger partial charge in [-0.15, -0.1) is 0 Å². The van der Waals surface area contributed by atoms with Gasteiger partial charge in [0.2, 0.25) is 0 Å². The quantitative estimate of drug-likeness (QED) is 0.865. The molecule has 28 heavy (non-hydrogen) atoms. The molecule has 5 nitrogen and oxygen atoms in total. The van der Waals surface area contributed by atoms with E-state index in [0.29, 0.717) is 6.54 Å². The lowest BCUT2D eigenvalue weighted by molar-refractivity contribution is 0.107. The van der Waals surface area contributed by atoms with Crippen LogP contribution in [-0.4, -0.2) is 68.1 Å². The van der Waals surface area contributed by atoms with E-state index >= 15 is 0 Å². The fourth-order valence-electron chi connectivity index (χ4n) is 3.80. The minimum Gasteiger partial charge on any atom is -0.336 e. The first-order valence-electron chi connectivity index (χ1n) is 9.96. The van der Waals surface area contributed by atoms with Crippen LogP contribution in [-0.2, 0) is 0 Å². The molecule has 1 N–H and O–H groups in total. The number of hydrogen-bond donors (Lipinski definition) is 1. The Morgan fingerprint density at radius 1 is 1.11 bits per heavy atom. The summed E-state index contributed by atoms with van der Waals surface area (Å²) in [4.78, 5) is 19.5. The molecule has 0 bridgehead atoms. The fourth-order valence-corrected chi connectivity index (χ4v) is 3.80. The zero-order chi connectivity index (χ0) is 20.1. The number of nitrogens with zero attached hydrogens (tertiary/aromatic N) is 3. The molecular weight excluding hydrogens is 348 g/mol. The van der Waals surface area contributed by atoms with Crippen LogP contribution < -0.4 is 5.32 Å². The Morgan fingerprint density at radius 2 is 1.79 bits per heavy atom. The average Bonchev–Trinajstić information content (AvgIpc) is 2.69. The zero-order valence-corrected chi connectivity index (χ0v) is 17.4. The van der Waals surface area contributed by atoms with E-state index < -0.39 is 0 Å². The standard InChI is InChI=1S/C23H32N4O/c1-18-10-12-20(13-11-18)21(25(2)3)16-24-23(28)27-15-14-26(4)17-22(27)19-8-6-5-7-9-19/h5-13,21-22H,14-17H2,1-4H3,(H,24,28). The highest BCUT2D eigenvalue weighted by Crippen LogP contribution is 2.25. The van der Waals surface area contributed by atoms with Crippen molar-refractivity contribution in [3.63, 3.8) is 0 Å². The Balaban J connectivity index is 1.70. The molecule has 150 valence electrons. The van der Waals surface area contributed by atoms with Crippen molar-refractivity contribution in [2.75, 3.05) is 47.3 Å². The van der Waals surface area contributed by atoms with Gasteiger partial charge in [0.15, 0.2) is 0 Å². The van der Waals surface area contributed by atoms with Gasteiger partial charge in [0.05, 0.1) is 12.1 Å². The van der Waals surface area contributed by atoms with Crippen molar-refractivity contribution in [3.05, 3.63) is 71.3 Å². The molecular formula is C23H32N4O. The van der Waals surface area contributed by atoms with E-state index in [4.69, 9.17) is 0 Å². The lowest BCUT2D eigenvalue weighted by Crippen LogP contribution is -2.53. The molecule has 1 aliphatic heterocycles. The SMILES string of the molecule is Cc1ccc(C(CNC(=O)N2CCN(C)CC2c2ccccc2)N(C)C)cc1. The highest BCUT2D eigenvalue weighted by Gasteiger charge is 2.30. The third-order valence-corrected chi connectivity index (χ3v) is 5.56. The van der Waals surface area contributed by atoms with Crippen LogP contribution in [0.2, 0.25) is 0 Å². The van der Waals surface area contributed by atoms with Crippen molar-refractivity contribution >= 4 is 6.03 Å². The van der Waals surface area contributed by atoms with Crippen LogP contribution in [0.3, 0.4) is 0 Å². The molecule has 2 aromatic rings. The van der Waals surface area contributed by atoms with Crippen molar-refractivity contribution in [1.29, 1.82) is 0 Å². The number of rotatable bonds is 5. The third-order valence-electron chi connectivity index (χ3n) is 5.56. The highest BCUT2D eigenvalue weighted by atomic mass is 16.2. The Bertz CT molecular complexity index is 760. The molecule has 1 saturated heterocycles. The first-order chi connectivity index (χ1) is 13.5. The average molecular weight is 381 g/mol. The fraction of sp³-hybridized carbons (Fsp3) is 0.435. The molecule has 3 rings (SSSR count). The van der Waals surface area contributed by atoms with Gasteiger partial charge < -0.3 is 20.0 Å². The summed E-state index contributed by atoms with van der Waals surface area (Å²) in [5, 5.41) is 3.19. The molecule has 2 unspecified atom stereocenters. The van der Waals surface area contributed by atoms with E-state index in [0.717, 1.165) is 19.6 Å². The van der Waals surface area contributed by atoms with E-state index in [9.17, 15) is 4.79 Å². The number of nitrogens with one attached hydrogen (secondary N) is 1. The number of carbonyl (C=O) groups excluding carboxylic acids is 1. The summed E-state index contributed by atoms with van der Waals surface area (Å²) >= 11 is 0. The Morgan fingerprint density at radius 3 is 2.43 bits per heavy atom. The second kappa shape index (κ2) is 9.22. The van der Waals surface area contributed by atoms with E-state index in [1.807, 2.05) is 23.1 Å². The maximum atomic E-state index is 13.1. The molecule has 2 aromatic carbocycles. The van der Waals surface area contributed by atoms with Crippen LogP contribution in [0.25, 0.3) is 0 Å². The van der Waals surface area contributed by atoms with Gasteiger partial charge >= 0.3 is 6.03 Å². The van der Waals surface area contributed by atoms with Gasteiger partial charge in [-0.1, -0.05) is 60.2 Å². The van der Waals surface area contributed by atoms with Crippen molar-refractivity contribution in [2.45, 2.75) is 19.0 Å². The minimum atomic E-state index is 0.0147. The second-order valence-corrected chi connectivity index (χ2v) is 7.96. The van der Waals surface area contributed by atoms with Crippen molar-refractivity contribution in [3.8, 4) is 0 Å². The topological polar surface area (TPSA) is 38.8 Å². The van der Waals surface area contributed by atoms with Gasteiger partial charge in [-0.05, 0) is 39.2 Å². The van der Waals surface area contributed by atoms with Gasteiger partial charge in [0.25, 0.3) is 0 Å². The molecule has 1 fully saturated rings. The van der Waals surface area contributed by atoms with Gasteiger partial charge in [-0.3, -0.25) is 0 Å². The molecule has 5 heteroatoms. The molecule has 1 heterocycles. The predicted octanol–water partition coefficient (Wildman–Crippen LogP) is 3.30. The van der Waals surface area contributed by atoms with Crippen LogP contribution in [0.4, 0.5) is 4.79 Å². The van der Waals surface area contributed by atoms with Crippen LogP contribution >= 0.6 is 0 Å². The normalized spacial score (nSPS) is 18.9. The second-order valence-electron chi connectivity index (χ2n) is 7.96. The van der Waals surface area contributed by atoms with Crippen LogP contribution in [0.1, 0.15) is 28.8 Å². The lowest BCUT2D eigenvalue weighted by Gasteiger charge is -2.40. The van der Waals surface area contributed by atoms with Crippen molar-refractivity contribution in [1.82, 2.24) is 20.0 Å². The van der Waals surface area contributed by atoms with Crippen LogP contribution in [0.5, 0.6) is 0 Å². The van der Waals surface area contributed by atoms with Gasteiger partial charge in [-0.2, -0.15) is 0 Å². The van der Waals surface area contributed by atoms with Gasteiger partial charge in [-0.25, -0.2) is 4.79 Å². The maximum Gasteiger partial charge on any atom is 0.318 e. The largest absolute Gasteiger partial charge is 0.336 e. The highest BCUT2D eigenvalue weighted by molar-refractivity contribution is 5.75. The zero-order valence-electron chi connectivity index (χ0n) is 17.4. The third kappa shape index (κ3) is 4.91. The number of piperazine rings is 1. The Hall–Kier alpha value is -2.37. The first-order valence-corrected chi connectivity index (χ1v) is 9.96. The summed E-state index contributed by atoms with van der Waals surface area (Å²) in [6.45, 7) is 5.16. The van der Waals surface area contributed by atoms with Crippen LogP contribution in [0, 0.1) is 6.92 Å². The number of aryl methyl sites for hydroxylation is 1. The molecule has 0 spiro atoms. The molecule has 0 aromatic heterocycles. The molecule has 0 aliphatic carbocycles. The molecule has 0 radical (unpaired) electrons. The van der Waals surface area contributed by atoms with Gasteiger partial charge in [0, 0.05) is 26.2 Å². The number of hydrogen-bond acceptors (Lipinski definition) is 3. The van der Waals surface area contributed by atoms with E-state index in [1.54, 1.807) is 0 Å². The summed E-state index contributed by atoms with van der Waals surface area (Å²) in [6, 6.07) is 19.1. The monoisotopic (exact) mass is 380 g/mol. The smallest absolute Gasteiger partial charge is 0.318 e. The minimum absolute atomic E-state index is 0.0147. The van der Waals surface area contributed by atoms with Gasteiger partial charge in [0.1, 0.15) is 0 Å². The number of benzene rings is 2. The number of carbonyl (C=O) groups is 1. The molecule has 2 amide bonds. The number of amides is 2. The Kier molecular flexibility index (Phi) is 6.70. The summed E-state index contributed by atoms with van der Waals surface area (Å²) in [5.74, 6) is 0. The summed E-state index contributed by atoms with van der Waals surface area (Å²) < 4.78 is 0. The first kappa shape index (κ1) is 20.4.